The van der Waals surface area contributed by atoms with Gasteiger partial charge < -0.3 is 14.8 Å². The van der Waals surface area contributed by atoms with Crippen molar-refractivity contribution in [1.82, 2.24) is 5.32 Å². The molecule has 0 bridgehead atoms. The Morgan fingerprint density at radius 2 is 2.00 bits per heavy atom. The molecule has 0 aromatic heterocycles. The third-order valence-corrected chi connectivity index (χ3v) is 2.99. The molecule has 1 atom stereocenters. The molecule has 0 amide bonds. The van der Waals surface area contributed by atoms with E-state index in [4.69, 9.17) is 14.7 Å². The van der Waals surface area contributed by atoms with Crippen LogP contribution in [0.1, 0.15) is 25.3 Å². The van der Waals surface area contributed by atoms with Gasteiger partial charge in [-0.2, -0.15) is 5.26 Å². The highest BCUT2D eigenvalue weighted by Crippen LogP contribution is 2.13. The molecule has 0 aliphatic carbocycles. The highest BCUT2D eigenvalue weighted by atomic mass is 16.5. The van der Waals surface area contributed by atoms with Crippen LogP contribution >= 0.6 is 0 Å². The van der Waals surface area contributed by atoms with Crippen molar-refractivity contribution in [1.29, 1.82) is 5.26 Å². The number of rotatable bonds is 10. The van der Waals surface area contributed by atoms with Gasteiger partial charge in [-0.15, -0.1) is 0 Å². The first-order valence-electron chi connectivity index (χ1n) is 7.13. The molecule has 0 aliphatic heterocycles. The van der Waals surface area contributed by atoms with Crippen molar-refractivity contribution in [3.63, 3.8) is 0 Å². The van der Waals surface area contributed by atoms with Crippen LogP contribution in [0.4, 0.5) is 0 Å². The average Bonchev–Trinajstić information content (AvgIpc) is 2.49. The smallest absolute Gasteiger partial charge is 0.119 e. The molecule has 1 aromatic carbocycles. The Morgan fingerprint density at radius 3 is 2.60 bits per heavy atom. The lowest BCUT2D eigenvalue weighted by Crippen LogP contribution is -2.29. The van der Waals surface area contributed by atoms with E-state index in [1.807, 2.05) is 24.3 Å². The molecule has 0 heterocycles. The molecule has 1 rings (SSSR count). The summed E-state index contributed by atoms with van der Waals surface area (Å²) in [6.07, 6.45) is 2.64. The molecule has 0 radical (unpaired) electrons. The largest absolute Gasteiger partial charge is 0.493 e. The van der Waals surface area contributed by atoms with Crippen LogP contribution in [0.5, 0.6) is 5.75 Å². The molecule has 0 aliphatic rings. The standard InChI is InChI=1S/C16H24N2O2/c1-3-10-18-15(13-17)9-12-20-16-6-4-14(5-7-16)8-11-19-2/h4-7,15,18H,3,8-12H2,1-2H3. The summed E-state index contributed by atoms with van der Waals surface area (Å²) in [5.41, 5.74) is 1.23. The van der Waals surface area contributed by atoms with Crippen LogP contribution < -0.4 is 10.1 Å². The Morgan fingerprint density at radius 1 is 1.25 bits per heavy atom. The van der Waals surface area contributed by atoms with E-state index in [1.54, 1.807) is 7.11 Å². The summed E-state index contributed by atoms with van der Waals surface area (Å²) in [5.74, 6) is 0.846. The minimum atomic E-state index is -0.129. The van der Waals surface area contributed by atoms with E-state index in [-0.39, 0.29) is 6.04 Å². The van der Waals surface area contributed by atoms with Crippen molar-refractivity contribution in [3.8, 4) is 11.8 Å². The summed E-state index contributed by atoms with van der Waals surface area (Å²) in [6, 6.07) is 10.1. The Hall–Kier alpha value is -1.57. The maximum absolute atomic E-state index is 8.99. The summed E-state index contributed by atoms with van der Waals surface area (Å²) in [5, 5.41) is 12.2. The summed E-state index contributed by atoms with van der Waals surface area (Å²) in [7, 11) is 1.70. The van der Waals surface area contributed by atoms with Gasteiger partial charge in [-0.3, -0.25) is 0 Å². The van der Waals surface area contributed by atoms with E-state index in [2.05, 4.69) is 18.3 Å². The first kappa shape index (κ1) is 16.5. The van der Waals surface area contributed by atoms with Gasteiger partial charge in [0.25, 0.3) is 0 Å². The highest BCUT2D eigenvalue weighted by Gasteiger charge is 2.05. The fourth-order valence-corrected chi connectivity index (χ4v) is 1.80. The number of nitriles is 1. The van der Waals surface area contributed by atoms with Crippen LogP contribution in [0.2, 0.25) is 0 Å². The minimum Gasteiger partial charge on any atom is -0.493 e. The molecule has 1 unspecified atom stereocenters. The predicted molar refractivity (Wildman–Crippen MR) is 79.8 cm³/mol. The molecule has 0 saturated heterocycles. The molecule has 0 fully saturated rings. The van der Waals surface area contributed by atoms with Crippen molar-refractivity contribution in [2.75, 3.05) is 26.9 Å². The zero-order valence-electron chi connectivity index (χ0n) is 12.4. The normalized spacial score (nSPS) is 11.8. The quantitative estimate of drug-likeness (QED) is 0.713. The van der Waals surface area contributed by atoms with Crippen LogP contribution in [0.3, 0.4) is 0 Å². The van der Waals surface area contributed by atoms with Gasteiger partial charge in [-0.05, 0) is 37.1 Å². The predicted octanol–water partition coefficient (Wildman–Crippen LogP) is 2.54. The molecule has 4 nitrogen and oxygen atoms in total. The van der Waals surface area contributed by atoms with E-state index in [0.717, 1.165) is 31.7 Å². The molecule has 20 heavy (non-hydrogen) atoms. The lowest BCUT2D eigenvalue weighted by atomic mass is 10.1. The van der Waals surface area contributed by atoms with Crippen molar-refractivity contribution < 1.29 is 9.47 Å². The molecular formula is C16H24N2O2. The maximum Gasteiger partial charge on any atom is 0.119 e. The Kier molecular flexibility index (Phi) is 8.44. The Balaban J connectivity index is 2.29. The first-order chi connectivity index (χ1) is 9.80. The fourth-order valence-electron chi connectivity index (χ4n) is 1.80. The fraction of sp³-hybridized carbons (Fsp3) is 0.562. The number of benzene rings is 1. The molecule has 0 spiro atoms. The van der Waals surface area contributed by atoms with E-state index in [9.17, 15) is 0 Å². The highest BCUT2D eigenvalue weighted by molar-refractivity contribution is 5.27. The molecule has 110 valence electrons. The van der Waals surface area contributed by atoms with Gasteiger partial charge in [-0.25, -0.2) is 0 Å². The van der Waals surface area contributed by atoms with Gasteiger partial charge >= 0.3 is 0 Å². The summed E-state index contributed by atoms with van der Waals surface area (Å²) in [6.45, 7) is 4.23. The third kappa shape index (κ3) is 6.55. The van der Waals surface area contributed by atoms with E-state index in [1.165, 1.54) is 5.56 Å². The van der Waals surface area contributed by atoms with Gasteiger partial charge in [0, 0.05) is 13.5 Å². The molecule has 0 saturated carbocycles. The van der Waals surface area contributed by atoms with Crippen LogP contribution in [0.15, 0.2) is 24.3 Å². The zero-order chi connectivity index (χ0) is 14.6. The topological polar surface area (TPSA) is 54.3 Å². The Bertz CT molecular complexity index is 398. The van der Waals surface area contributed by atoms with E-state index >= 15 is 0 Å². The average molecular weight is 276 g/mol. The van der Waals surface area contributed by atoms with Crippen molar-refractivity contribution in [3.05, 3.63) is 29.8 Å². The number of hydrogen-bond donors (Lipinski definition) is 1. The summed E-state index contributed by atoms with van der Waals surface area (Å²) in [4.78, 5) is 0. The third-order valence-electron chi connectivity index (χ3n) is 2.99. The lowest BCUT2D eigenvalue weighted by Gasteiger charge is -2.12. The number of hydrogen-bond acceptors (Lipinski definition) is 4. The summed E-state index contributed by atoms with van der Waals surface area (Å²) >= 11 is 0. The van der Waals surface area contributed by atoms with Gasteiger partial charge in [-0.1, -0.05) is 19.1 Å². The van der Waals surface area contributed by atoms with Crippen molar-refractivity contribution >= 4 is 0 Å². The van der Waals surface area contributed by atoms with Crippen LogP contribution in [0, 0.1) is 11.3 Å². The maximum atomic E-state index is 8.99. The van der Waals surface area contributed by atoms with Gasteiger partial charge in [0.1, 0.15) is 5.75 Å². The van der Waals surface area contributed by atoms with E-state index in [0.29, 0.717) is 13.0 Å². The second kappa shape index (κ2) is 10.2. The monoisotopic (exact) mass is 276 g/mol. The summed E-state index contributed by atoms with van der Waals surface area (Å²) < 4.78 is 10.7. The second-order valence-corrected chi connectivity index (χ2v) is 4.66. The van der Waals surface area contributed by atoms with Crippen molar-refractivity contribution in [2.24, 2.45) is 0 Å². The van der Waals surface area contributed by atoms with Gasteiger partial charge in [0.15, 0.2) is 0 Å². The first-order valence-corrected chi connectivity index (χ1v) is 7.13. The van der Waals surface area contributed by atoms with Crippen LogP contribution in [-0.4, -0.2) is 32.9 Å². The number of methoxy groups -OCH3 is 1. The van der Waals surface area contributed by atoms with Crippen LogP contribution in [-0.2, 0) is 11.2 Å². The molecular weight excluding hydrogens is 252 g/mol. The minimum absolute atomic E-state index is 0.129. The molecule has 1 N–H and O–H groups in total. The van der Waals surface area contributed by atoms with E-state index < -0.39 is 0 Å². The molecule has 1 aromatic rings. The Labute approximate surface area is 121 Å². The lowest BCUT2D eigenvalue weighted by molar-refractivity contribution is 0.202. The number of nitrogens with zero attached hydrogens (tertiary/aromatic N) is 1. The zero-order valence-corrected chi connectivity index (χ0v) is 12.4. The number of nitrogens with one attached hydrogen (secondary N) is 1. The van der Waals surface area contributed by atoms with Crippen LogP contribution in [0.25, 0.3) is 0 Å². The number of ether oxygens (including phenoxy) is 2. The second-order valence-electron chi connectivity index (χ2n) is 4.66. The molecule has 4 heteroatoms. The van der Waals surface area contributed by atoms with Gasteiger partial charge in [0.05, 0.1) is 25.3 Å². The SMILES string of the molecule is CCCNC(C#N)CCOc1ccc(CCOC)cc1. The van der Waals surface area contributed by atoms with Crippen molar-refractivity contribution in [2.45, 2.75) is 32.2 Å². The van der Waals surface area contributed by atoms with Gasteiger partial charge in [0.2, 0.25) is 0 Å².